The standard InChI is InChI=1S/C10H21ClN2O4S/c1-10(2,3)17-9(14)12-8-4-6-13(7-5-8)18(11,15)16/h8,15-16H,4-7H2,1-3H3,(H,12,14). The van der Waals surface area contributed by atoms with Crippen LogP contribution in [0, 0.1) is 0 Å². The van der Waals surface area contributed by atoms with Gasteiger partial charge in [0.2, 0.25) is 0 Å². The van der Waals surface area contributed by atoms with Gasteiger partial charge in [-0.2, -0.15) is 4.31 Å². The van der Waals surface area contributed by atoms with Crippen LogP contribution in [0.1, 0.15) is 33.6 Å². The van der Waals surface area contributed by atoms with Gasteiger partial charge >= 0.3 is 6.09 Å². The summed E-state index contributed by atoms with van der Waals surface area (Å²) in [5, 5.41) is 2.76. The van der Waals surface area contributed by atoms with Crippen LogP contribution in [0.2, 0.25) is 0 Å². The zero-order valence-electron chi connectivity index (χ0n) is 10.9. The van der Waals surface area contributed by atoms with Gasteiger partial charge in [-0.25, -0.2) is 4.79 Å². The van der Waals surface area contributed by atoms with Gasteiger partial charge in [0.05, 0.1) is 0 Å². The highest BCUT2D eigenvalue weighted by Crippen LogP contribution is 2.49. The molecule has 0 aromatic heterocycles. The van der Waals surface area contributed by atoms with E-state index in [0.717, 1.165) is 0 Å². The molecule has 0 atom stereocenters. The van der Waals surface area contributed by atoms with E-state index < -0.39 is 21.7 Å². The third-order valence-electron chi connectivity index (χ3n) is 2.50. The van der Waals surface area contributed by atoms with Gasteiger partial charge in [0.1, 0.15) is 5.60 Å². The number of nitrogens with zero attached hydrogens (tertiary/aromatic N) is 1. The van der Waals surface area contributed by atoms with Crippen molar-refractivity contribution >= 4 is 26.8 Å². The Morgan fingerprint density at radius 1 is 1.39 bits per heavy atom. The molecule has 0 saturated carbocycles. The monoisotopic (exact) mass is 300 g/mol. The molecule has 108 valence electrons. The van der Waals surface area contributed by atoms with E-state index in [-0.39, 0.29) is 6.04 Å². The van der Waals surface area contributed by atoms with Gasteiger partial charge in [0, 0.05) is 29.8 Å². The van der Waals surface area contributed by atoms with Crippen molar-refractivity contribution < 1.29 is 18.6 Å². The molecule has 0 aromatic carbocycles. The van der Waals surface area contributed by atoms with Gasteiger partial charge in [0.15, 0.2) is 0 Å². The Morgan fingerprint density at radius 2 is 1.89 bits per heavy atom. The van der Waals surface area contributed by atoms with Crippen LogP contribution in [-0.4, -0.2) is 44.2 Å². The van der Waals surface area contributed by atoms with Crippen LogP contribution in [0.4, 0.5) is 4.79 Å². The van der Waals surface area contributed by atoms with E-state index in [0.29, 0.717) is 25.9 Å². The summed E-state index contributed by atoms with van der Waals surface area (Å²) in [6, 6.07) is -0.0190. The van der Waals surface area contributed by atoms with Gasteiger partial charge in [-0.05, 0) is 33.6 Å². The first-order valence-corrected chi connectivity index (χ1v) is 8.13. The number of carbonyl (C=O) groups is 1. The minimum absolute atomic E-state index is 0.0190. The van der Waals surface area contributed by atoms with Crippen molar-refractivity contribution in [2.45, 2.75) is 45.3 Å². The summed E-state index contributed by atoms with van der Waals surface area (Å²) in [5.41, 5.74) is -0.517. The van der Waals surface area contributed by atoms with Crippen molar-refractivity contribution in [2.24, 2.45) is 0 Å². The lowest BCUT2D eigenvalue weighted by Crippen LogP contribution is -2.45. The van der Waals surface area contributed by atoms with Crippen LogP contribution in [0.25, 0.3) is 0 Å². The largest absolute Gasteiger partial charge is 0.444 e. The maximum absolute atomic E-state index is 11.5. The quantitative estimate of drug-likeness (QED) is 0.730. The minimum atomic E-state index is -3.14. The summed E-state index contributed by atoms with van der Waals surface area (Å²) in [4.78, 5) is 11.5. The van der Waals surface area contributed by atoms with Crippen molar-refractivity contribution in [3.05, 3.63) is 0 Å². The average molecular weight is 301 g/mol. The van der Waals surface area contributed by atoms with Gasteiger partial charge in [0.25, 0.3) is 0 Å². The number of amides is 1. The van der Waals surface area contributed by atoms with E-state index in [9.17, 15) is 13.9 Å². The van der Waals surface area contributed by atoms with Crippen molar-refractivity contribution in [3.8, 4) is 0 Å². The molecule has 1 rings (SSSR count). The molecule has 6 nitrogen and oxygen atoms in total. The van der Waals surface area contributed by atoms with Gasteiger partial charge in [-0.15, -0.1) is 0 Å². The molecule has 0 bridgehead atoms. The molecule has 1 fully saturated rings. The van der Waals surface area contributed by atoms with Crippen molar-refractivity contribution in [2.75, 3.05) is 13.1 Å². The topological polar surface area (TPSA) is 82.0 Å². The van der Waals surface area contributed by atoms with Gasteiger partial charge in [-0.3, -0.25) is 9.11 Å². The van der Waals surface area contributed by atoms with Crippen LogP contribution in [0.3, 0.4) is 0 Å². The fraction of sp³-hybridized carbons (Fsp3) is 0.900. The lowest BCUT2D eigenvalue weighted by Gasteiger charge is -2.40. The first-order valence-electron chi connectivity index (χ1n) is 5.80. The van der Waals surface area contributed by atoms with Gasteiger partial charge in [-0.1, -0.05) is 9.99 Å². The lowest BCUT2D eigenvalue weighted by atomic mass is 10.1. The molecule has 1 saturated heterocycles. The molecule has 1 aliphatic heterocycles. The van der Waals surface area contributed by atoms with E-state index in [1.54, 1.807) is 20.8 Å². The first-order chi connectivity index (χ1) is 8.08. The Balaban J connectivity index is 2.34. The lowest BCUT2D eigenvalue weighted by molar-refractivity contribution is 0.0489. The third-order valence-corrected chi connectivity index (χ3v) is 4.11. The number of hydrogen-bond acceptors (Lipinski definition) is 5. The molecular formula is C10H21ClN2O4S. The second kappa shape index (κ2) is 5.83. The maximum atomic E-state index is 11.5. The molecule has 0 spiro atoms. The smallest absolute Gasteiger partial charge is 0.407 e. The highest BCUT2D eigenvalue weighted by molar-refractivity contribution is 8.41. The van der Waals surface area contributed by atoms with E-state index in [1.165, 1.54) is 4.31 Å². The Labute approximate surface area is 114 Å². The van der Waals surface area contributed by atoms with Crippen LogP contribution < -0.4 is 5.32 Å². The Hall–Kier alpha value is -0.210. The number of halogens is 1. The summed E-state index contributed by atoms with van der Waals surface area (Å²) in [7, 11) is 2.32. The van der Waals surface area contributed by atoms with Crippen molar-refractivity contribution in [3.63, 3.8) is 0 Å². The summed E-state index contributed by atoms with van der Waals surface area (Å²) in [6.07, 6.45) is 0.780. The number of ether oxygens (including phenoxy) is 1. The molecule has 1 amide bonds. The summed E-state index contributed by atoms with van der Waals surface area (Å²) in [5.74, 6) is 0. The van der Waals surface area contributed by atoms with Crippen molar-refractivity contribution in [1.29, 1.82) is 0 Å². The SMILES string of the molecule is CC(C)(C)OC(=O)NC1CCN(S(O)(O)Cl)CC1. The fourth-order valence-corrected chi connectivity index (χ4v) is 2.80. The number of carbonyl (C=O) groups excluding carboxylic acids is 1. The Morgan fingerprint density at radius 3 is 2.28 bits per heavy atom. The van der Waals surface area contributed by atoms with Crippen LogP contribution in [-0.2, 0) is 4.74 Å². The molecule has 3 N–H and O–H groups in total. The normalized spacial score (nSPS) is 20.6. The average Bonchev–Trinajstić information content (AvgIpc) is 2.13. The molecule has 0 radical (unpaired) electrons. The summed E-state index contributed by atoms with van der Waals surface area (Å²) in [6.45, 7) is 6.28. The van der Waals surface area contributed by atoms with E-state index >= 15 is 0 Å². The third kappa shape index (κ3) is 5.62. The molecule has 1 heterocycles. The van der Waals surface area contributed by atoms with Crippen molar-refractivity contribution in [1.82, 2.24) is 9.62 Å². The predicted octanol–water partition coefficient (Wildman–Crippen LogP) is 2.79. The predicted molar refractivity (Wildman–Crippen MR) is 72.7 cm³/mol. The Bertz CT molecular complexity index is 295. The number of rotatable bonds is 2. The zero-order valence-corrected chi connectivity index (χ0v) is 12.4. The first kappa shape index (κ1) is 15.8. The molecular weight excluding hydrogens is 280 g/mol. The van der Waals surface area contributed by atoms with Crippen LogP contribution >= 0.6 is 20.7 Å². The molecule has 0 unspecified atom stereocenters. The van der Waals surface area contributed by atoms with E-state index in [4.69, 9.17) is 15.4 Å². The summed E-state index contributed by atoms with van der Waals surface area (Å²) < 4.78 is 25.1. The number of piperidine rings is 1. The second-order valence-corrected chi connectivity index (χ2v) is 7.96. The zero-order chi connectivity index (χ0) is 14.0. The van der Waals surface area contributed by atoms with Crippen LogP contribution in [0.5, 0.6) is 0 Å². The molecule has 8 heteroatoms. The molecule has 18 heavy (non-hydrogen) atoms. The maximum Gasteiger partial charge on any atom is 0.407 e. The number of alkyl carbamates (subject to hydrolysis) is 1. The molecule has 1 aliphatic rings. The van der Waals surface area contributed by atoms with Crippen LogP contribution in [0.15, 0.2) is 0 Å². The Kier molecular flexibility index (Phi) is 5.13. The number of nitrogens with one attached hydrogen (secondary N) is 1. The second-order valence-electron chi connectivity index (χ2n) is 5.30. The summed E-state index contributed by atoms with van der Waals surface area (Å²) >= 11 is 0. The van der Waals surface area contributed by atoms with E-state index in [1.807, 2.05) is 0 Å². The van der Waals surface area contributed by atoms with E-state index in [2.05, 4.69) is 5.32 Å². The fourth-order valence-electron chi connectivity index (χ4n) is 1.71. The number of hydrogen-bond donors (Lipinski definition) is 3. The molecule has 0 aliphatic carbocycles. The minimum Gasteiger partial charge on any atom is -0.444 e. The highest BCUT2D eigenvalue weighted by atomic mass is 35.7. The van der Waals surface area contributed by atoms with Gasteiger partial charge < -0.3 is 10.1 Å². The molecule has 0 aromatic rings. The highest BCUT2D eigenvalue weighted by Gasteiger charge is 2.28.